The molecule has 1 aromatic rings. The fraction of sp³-hybridized carbons (Fsp3) is 0.652. The Morgan fingerprint density at radius 3 is 2.77 bits per heavy atom. The van der Waals surface area contributed by atoms with Crippen LogP contribution in [0.4, 0.5) is 0 Å². The summed E-state index contributed by atoms with van der Waals surface area (Å²) in [5, 5.41) is 6.54. The summed E-state index contributed by atoms with van der Waals surface area (Å²) in [6.07, 6.45) is 3.91. The Bertz CT molecular complexity index is 699. The Kier molecular flexibility index (Phi) is 13.6. The van der Waals surface area contributed by atoms with E-state index >= 15 is 0 Å². The molecule has 1 heterocycles. The fourth-order valence-corrected chi connectivity index (χ4v) is 3.57. The Morgan fingerprint density at radius 1 is 1.26 bits per heavy atom. The van der Waals surface area contributed by atoms with Crippen LogP contribution in [0.25, 0.3) is 0 Å². The van der Waals surface area contributed by atoms with Crippen molar-refractivity contribution >= 4 is 35.8 Å². The van der Waals surface area contributed by atoms with Crippen molar-refractivity contribution in [3.63, 3.8) is 0 Å². The largest absolute Gasteiger partial charge is 0.491 e. The summed E-state index contributed by atoms with van der Waals surface area (Å²) in [4.78, 5) is 19.2. The molecular formula is C23H39IN4O3. The average molecular weight is 546 g/mol. The maximum atomic E-state index is 12.5. The highest BCUT2D eigenvalue weighted by Crippen LogP contribution is 2.21. The minimum atomic E-state index is 0. The number of hydrogen-bond donors (Lipinski definition) is 2. The van der Waals surface area contributed by atoms with Crippen LogP contribution in [-0.4, -0.2) is 62.8 Å². The van der Waals surface area contributed by atoms with Crippen molar-refractivity contribution in [3.8, 4) is 5.75 Å². The maximum Gasteiger partial charge on any atom is 0.224 e. The van der Waals surface area contributed by atoms with Crippen LogP contribution < -0.4 is 15.4 Å². The van der Waals surface area contributed by atoms with Crippen LogP contribution in [0, 0.1) is 6.92 Å². The molecule has 0 aromatic heterocycles. The fourth-order valence-electron chi connectivity index (χ4n) is 3.57. The van der Waals surface area contributed by atoms with Gasteiger partial charge >= 0.3 is 0 Å². The second kappa shape index (κ2) is 15.3. The van der Waals surface area contributed by atoms with Gasteiger partial charge in [-0.3, -0.25) is 4.79 Å². The number of amides is 1. The average Bonchev–Trinajstić information content (AvgIpc) is 2.73. The second-order valence-corrected chi connectivity index (χ2v) is 7.76. The normalized spacial score (nSPS) is 16.5. The van der Waals surface area contributed by atoms with E-state index in [0.717, 1.165) is 42.8 Å². The monoisotopic (exact) mass is 546 g/mol. The lowest BCUT2D eigenvalue weighted by Gasteiger charge is -2.33. The number of benzene rings is 1. The molecule has 1 aromatic carbocycles. The van der Waals surface area contributed by atoms with E-state index in [1.54, 1.807) is 7.11 Å². The molecule has 1 amide bonds. The van der Waals surface area contributed by atoms with Gasteiger partial charge in [-0.1, -0.05) is 12.1 Å². The molecule has 1 aliphatic heterocycles. The number of carbonyl (C=O) groups is 1. The van der Waals surface area contributed by atoms with E-state index in [9.17, 15) is 4.79 Å². The van der Waals surface area contributed by atoms with E-state index in [-0.39, 0.29) is 29.9 Å². The first kappa shape index (κ1) is 27.5. The second-order valence-electron chi connectivity index (χ2n) is 7.76. The van der Waals surface area contributed by atoms with Crippen LogP contribution in [0.2, 0.25) is 0 Å². The minimum Gasteiger partial charge on any atom is -0.491 e. The summed E-state index contributed by atoms with van der Waals surface area (Å²) < 4.78 is 10.9. The summed E-state index contributed by atoms with van der Waals surface area (Å²) >= 11 is 0. The number of aliphatic imine (C=N–C) groups is 1. The van der Waals surface area contributed by atoms with Crippen molar-refractivity contribution < 1.29 is 14.3 Å². The summed E-state index contributed by atoms with van der Waals surface area (Å²) in [5.41, 5.74) is 2.16. The number of aryl methyl sites for hydroxylation is 1. The number of guanidine groups is 1. The van der Waals surface area contributed by atoms with Gasteiger partial charge in [0.2, 0.25) is 5.91 Å². The number of methoxy groups -OCH3 is 1. The Balaban J connectivity index is 0.00000480. The molecule has 2 rings (SSSR count). The van der Waals surface area contributed by atoms with E-state index in [2.05, 4.69) is 28.6 Å². The van der Waals surface area contributed by atoms with Crippen molar-refractivity contribution in [2.75, 3.05) is 40.0 Å². The van der Waals surface area contributed by atoms with Crippen LogP contribution in [0.3, 0.4) is 0 Å². The van der Waals surface area contributed by atoms with E-state index in [4.69, 9.17) is 9.47 Å². The van der Waals surface area contributed by atoms with Gasteiger partial charge in [0.1, 0.15) is 12.4 Å². The number of halogens is 1. The number of likely N-dealkylation sites (tertiary alicyclic amines) is 1. The zero-order chi connectivity index (χ0) is 21.8. The van der Waals surface area contributed by atoms with Gasteiger partial charge in [-0.2, -0.15) is 0 Å². The van der Waals surface area contributed by atoms with E-state index in [1.807, 2.05) is 30.9 Å². The first-order valence-corrected chi connectivity index (χ1v) is 11.1. The third-order valence-electron chi connectivity index (χ3n) is 5.27. The molecule has 0 radical (unpaired) electrons. The molecule has 1 saturated heterocycles. The lowest BCUT2D eigenvalue weighted by atomic mass is 10.0. The first-order valence-electron chi connectivity index (χ1n) is 11.1. The Labute approximate surface area is 204 Å². The van der Waals surface area contributed by atoms with Crippen LogP contribution >= 0.6 is 24.0 Å². The number of carbonyl (C=O) groups excluding carboxylic acids is 1. The van der Waals surface area contributed by atoms with Crippen molar-refractivity contribution in [3.05, 3.63) is 29.3 Å². The quantitative estimate of drug-likeness (QED) is 0.204. The van der Waals surface area contributed by atoms with E-state index in [0.29, 0.717) is 44.7 Å². The summed E-state index contributed by atoms with van der Waals surface area (Å²) in [5.74, 6) is 1.76. The van der Waals surface area contributed by atoms with Crippen molar-refractivity contribution in [2.45, 2.75) is 59.0 Å². The topological polar surface area (TPSA) is 75.2 Å². The SMILES string of the molecule is CCNC(=NCc1ccc(C)cc1OCCOC)NCCC(=O)N1CCCCC1C.I. The smallest absolute Gasteiger partial charge is 0.224 e. The molecule has 2 N–H and O–H groups in total. The van der Waals surface area contributed by atoms with Crippen LogP contribution in [-0.2, 0) is 16.1 Å². The molecule has 7 nitrogen and oxygen atoms in total. The zero-order valence-corrected chi connectivity index (χ0v) is 21.7. The summed E-state index contributed by atoms with van der Waals surface area (Å²) in [6, 6.07) is 6.49. The van der Waals surface area contributed by atoms with Gasteiger partial charge in [0.25, 0.3) is 0 Å². The van der Waals surface area contributed by atoms with Crippen molar-refractivity contribution in [2.24, 2.45) is 4.99 Å². The van der Waals surface area contributed by atoms with E-state index < -0.39 is 0 Å². The van der Waals surface area contributed by atoms with Gasteiger partial charge in [0, 0.05) is 44.8 Å². The van der Waals surface area contributed by atoms with Crippen LogP contribution in [0.5, 0.6) is 5.75 Å². The Hall–Kier alpha value is -1.55. The number of nitrogens with zero attached hydrogens (tertiary/aromatic N) is 2. The first-order chi connectivity index (χ1) is 14.5. The standard InChI is InChI=1S/C23H38N4O3.HI/c1-5-24-23(25-12-11-22(28)27-13-7-6-8-19(27)3)26-17-20-10-9-18(2)16-21(20)30-15-14-29-4;/h9-10,16,19H,5-8,11-15,17H2,1-4H3,(H2,24,25,26);1H. The molecule has 8 heteroatoms. The Morgan fingerprint density at radius 2 is 2.06 bits per heavy atom. The summed E-state index contributed by atoms with van der Waals surface area (Å²) in [6.45, 7) is 9.97. The van der Waals surface area contributed by atoms with Crippen molar-refractivity contribution in [1.82, 2.24) is 15.5 Å². The van der Waals surface area contributed by atoms with Crippen LogP contribution in [0.1, 0.15) is 50.7 Å². The van der Waals surface area contributed by atoms with Gasteiger partial charge in [0.15, 0.2) is 5.96 Å². The van der Waals surface area contributed by atoms with Gasteiger partial charge in [-0.15, -0.1) is 24.0 Å². The number of nitrogens with one attached hydrogen (secondary N) is 2. The molecule has 0 aliphatic carbocycles. The molecule has 0 spiro atoms. The summed E-state index contributed by atoms with van der Waals surface area (Å²) in [7, 11) is 1.66. The highest BCUT2D eigenvalue weighted by Gasteiger charge is 2.22. The molecular weight excluding hydrogens is 507 g/mol. The highest BCUT2D eigenvalue weighted by atomic mass is 127. The molecule has 0 saturated carbocycles. The molecule has 1 atom stereocenters. The van der Waals surface area contributed by atoms with Gasteiger partial charge in [-0.05, 0) is 51.7 Å². The number of piperidine rings is 1. The predicted octanol–water partition coefficient (Wildman–Crippen LogP) is 3.48. The predicted molar refractivity (Wildman–Crippen MR) is 136 cm³/mol. The van der Waals surface area contributed by atoms with Crippen molar-refractivity contribution in [1.29, 1.82) is 0 Å². The molecule has 1 aliphatic rings. The highest BCUT2D eigenvalue weighted by molar-refractivity contribution is 14.0. The van der Waals surface area contributed by atoms with E-state index in [1.165, 1.54) is 6.42 Å². The zero-order valence-electron chi connectivity index (χ0n) is 19.4. The van der Waals surface area contributed by atoms with Gasteiger partial charge in [-0.25, -0.2) is 4.99 Å². The molecule has 1 unspecified atom stereocenters. The number of ether oxygens (including phenoxy) is 2. The lowest BCUT2D eigenvalue weighted by Crippen LogP contribution is -2.44. The van der Waals surface area contributed by atoms with Gasteiger partial charge in [0.05, 0.1) is 13.2 Å². The lowest BCUT2D eigenvalue weighted by molar-refractivity contribution is -0.134. The molecule has 176 valence electrons. The third kappa shape index (κ3) is 9.64. The van der Waals surface area contributed by atoms with Gasteiger partial charge < -0.3 is 25.0 Å². The number of hydrogen-bond acceptors (Lipinski definition) is 4. The van der Waals surface area contributed by atoms with Crippen LogP contribution in [0.15, 0.2) is 23.2 Å². The third-order valence-corrected chi connectivity index (χ3v) is 5.27. The minimum absolute atomic E-state index is 0. The molecule has 1 fully saturated rings. The molecule has 31 heavy (non-hydrogen) atoms. The molecule has 0 bridgehead atoms. The maximum absolute atomic E-state index is 12.5. The number of rotatable bonds is 10.